The van der Waals surface area contributed by atoms with Gasteiger partial charge in [0.05, 0.1) is 5.69 Å². The summed E-state index contributed by atoms with van der Waals surface area (Å²) in [6.07, 6.45) is 3.84. The third-order valence-electron chi connectivity index (χ3n) is 3.90. The molecule has 19 heavy (non-hydrogen) atoms. The first-order chi connectivity index (χ1) is 9.18. The van der Waals surface area contributed by atoms with Crippen LogP contribution in [-0.2, 0) is 4.79 Å². The molecule has 0 aromatic carbocycles. The zero-order chi connectivity index (χ0) is 13.4. The van der Waals surface area contributed by atoms with E-state index in [2.05, 4.69) is 14.8 Å². The first-order valence-electron chi connectivity index (χ1n) is 6.86. The van der Waals surface area contributed by atoms with Crippen molar-refractivity contribution in [1.82, 2.24) is 9.88 Å². The highest BCUT2D eigenvalue weighted by atomic mass is 16.2. The zero-order valence-electron chi connectivity index (χ0n) is 11.5. The van der Waals surface area contributed by atoms with Crippen molar-refractivity contribution in [2.75, 3.05) is 43.5 Å². The van der Waals surface area contributed by atoms with Crippen LogP contribution >= 0.6 is 0 Å². The number of hydrogen-bond donors (Lipinski definition) is 0. The van der Waals surface area contributed by atoms with Crippen molar-refractivity contribution in [3.8, 4) is 0 Å². The molecule has 1 amide bonds. The molecule has 0 aliphatic carbocycles. The zero-order valence-corrected chi connectivity index (χ0v) is 11.5. The van der Waals surface area contributed by atoms with Crippen LogP contribution in [0.25, 0.3) is 0 Å². The van der Waals surface area contributed by atoms with E-state index in [9.17, 15) is 4.79 Å². The molecule has 5 heteroatoms. The topological polar surface area (TPSA) is 39.7 Å². The Balaban J connectivity index is 1.95. The van der Waals surface area contributed by atoms with Crippen LogP contribution in [0.15, 0.2) is 18.3 Å². The van der Waals surface area contributed by atoms with Gasteiger partial charge in [0.2, 0.25) is 5.91 Å². The molecule has 0 bridgehead atoms. The van der Waals surface area contributed by atoms with Crippen LogP contribution in [0.4, 0.5) is 11.5 Å². The highest BCUT2D eigenvalue weighted by Gasteiger charge is 2.41. The van der Waals surface area contributed by atoms with Gasteiger partial charge in [-0.25, -0.2) is 4.98 Å². The smallest absolute Gasteiger partial charge is 0.249 e. The molecule has 1 unspecified atom stereocenters. The van der Waals surface area contributed by atoms with Crippen molar-refractivity contribution in [1.29, 1.82) is 0 Å². The van der Waals surface area contributed by atoms with E-state index in [1.165, 1.54) is 0 Å². The van der Waals surface area contributed by atoms with Gasteiger partial charge in [0.15, 0.2) is 5.82 Å². The summed E-state index contributed by atoms with van der Waals surface area (Å²) in [7, 11) is 4.06. The molecule has 0 N–H and O–H groups in total. The van der Waals surface area contributed by atoms with Gasteiger partial charge in [-0.05, 0) is 39.1 Å². The summed E-state index contributed by atoms with van der Waals surface area (Å²) >= 11 is 0. The lowest BCUT2D eigenvalue weighted by molar-refractivity contribution is -0.120. The lowest BCUT2D eigenvalue weighted by atomic mass is 10.1. The van der Waals surface area contributed by atoms with Gasteiger partial charge in [0, 0.05) is 25.8 Å². The minimum atomic E-state index is 0.00422. The van der Waals surface area contributed by atoms with E-state index in [-0.39, 0.29) is 11.9 Å². The summed E-state index contributed by atoms with van der Waals surface area (Å²) in [5, 5.41) is 0. The number of aromatic nitrogens is 1. The van der Waals surface area contributed by atoms with E-state index in [1.807, 2.05) is 37.3 Å². The summed E-state index contributed by atoms with van der Waals surface area (Å²) in [6.45, 7) is 2.55. The highest BCUT2D eigenvalue weighted by molar-refractivity contribution is 6.05. The minimum Gasteiger partial charge on any atom is -0.343 e. The van der Waals surface area contributed by atoms with Crippen LogP contribution in [0, 0.1) is 0 Å². The molecule has 0 radical (unpaired) electrons. The fourth-order valence-electron chi connectivity index (χ4n) is 2.93. The number of hydrogen-bond acceptors (Lipinski definition) is 4. The van der Waals surface area contributed by atoms with E-state index in [4.69, 9.17) is 0 Å². The molecular weight excluding hydrogens is 240 g/mol. The molecule has 2 aliphatic rings. The molecule has 1 saturated heterocycles. The van der Waals surface area contributed by atoms with Gasteiger partial charge in [-0.1, -0.05) is 0 Å². The largest absolute Gasteiger partial charge is 0.343 e. The minimum absolute atomic E-state index is 0.00422. The lowest BCUT2D eigenvalue weighted by Gasteiger charge is -2.38. The molecule has 2 aliphatic heterocycles. The van der Waals surface area contributed by atoms with Crippen molar-refractivity contribution in [3.05, 3.63) is 18.3 Å². The third kappa shape index (κ3) is 2.08. The van der Waals surface area contributed by atoms with E-state index in [0.29, 0.717) is 0 Å². The number of carbonyl (C=O) groups excluding carboxylic acids is 1. The average Bonchev–Trinajstić information content (AvgIpc) is 2.88. The fourth-order valence-corrected chi connectivity index (χ4v) is 2.93. The first-order valence-corrected chi connectivity index (χ1v) is 6.86. The Morgan fingerprint density at radius 3 is 3.11 bits per heavy atom. The summed E-state index contributed by atoms with van der Waals surface area (Å²) in [5.41, 5.74) is 0.965. The maximum absolute atomic E-state index is 12.6. The number of rotatable bonds is 3. The number of anilines is 2. The van der Waals surface area contributed by atoms with Crippen LogP contribution in [0.2, 0.25) is 0 Å². The predicted molar refractivity (Wildman–Crippen MR) is 75.5 cm³/mol. The van der Waals surface area contributed by atoms with Crippen molar-refractivity contribution >= 4 is 17.4 Å². The summed E-state index contributed by atoms with van der Waals surface area (Å²) in [5.74, 6) is 1.21. The van der Waals surface area contributed by atoms with Crippen molar-refractivity contribution in [3.63, 3.8) is 0 Å². The normalized spacial score (nSPS) is 21.8. The van der Waals surface area contributed by atoms with E-state index in [1.54, 1.807) is 0 Å². The Hall–Kier alpha value is -1.62. The molecule has 5 nitrogen and oxygen atoms in total. The number of likely N-dealkylation sites (N-methyl/N-ethyl adjacent to an activating group) is 1. The predicted octanol–water partition coefficient (Wildman–Crippen LogP) is 0.959. The van der Waals surface area contributed by atoms with Crippen LogP contribution in [-0.4, -0.2) is 55.6 Å². The average molecular weight is 260 g/mol. The Bertz CT molecular complexity index is 488. The molecular formula is C14H20N4O. The SMILES string of the molecule is CN(C)CCN1C(=O)C2CCCN2c2ncccc21. The van der Waals surface area contributed by atoms with E-state index >= 15 is 0 Å². The second-order valence-electron chi connectivity index (χ2n) is 5.49. The van der Waals surface area contributed by atoms with Gasteiger partial charge < -0.3 is 14.7 Å². The van der Waals surface area contributed by atoms with E-state index < -0.39 is 0 Å². The second kappa shape index (κ2) is 4.81. The van der Waals surface area contributed by atoms with Crippen LogP contribution < -0.4 is 9.80 Å². The Morgan fingerprint density at radius 2 is 2.32 bits per heavy atom. The molecule has 3 heterocycles. The van der Waals surface area contributed by atoms with Crippen molar-refractivity contribution < 1.29 is 4.79 Å². The Morgan fingerprint density at radius 1 is 1.47 bits per heavy atom. The quantitative estimate of drug-likeness (QED) is 0.811. The number of nitrogens with zero attached hydrogens (tertiary/aromatic N) is 4. The second-order valence-corrected chi connectivity index (χ2v) is 5.49. The van der Waals surface area contributed by atoms with Gasteiger partial charge in [-0.3, -0.25) is 4.79 Å². The van der Waals surface area contributed by atoms with E-state index in [0.717, 1.165) is 44.0 Å². The van der Waals surface area contributed by atoms with Gasteiger partial charge in [-0.2, -0.15) is 0 Å². The van der Waals surface area contributed by atoms with Gasteiger partial charge >= 0.3 is 0 Å². The monoisotopic (exact) mass is 260 g/mol. The van der Waals surface area contributed by atoms with Crippen molar-refractivity contribution in [2.45, 2.75) is 18.9 Å². The lowest BCUT2D eigenvalue weighted by Crippen LogP contribution is -2.52. The van der Waals surface area contributed by atoms with Gasteiger partial charge in [0.25, 0.3) is 0 Å². The summed E-state index contributed by atoms with van der Waals surface area (Å²) in [6, 6.07) is 3.92. The summed E-state index contributed by atoms with van der Waals surface area (Å²) in [4.78, 5) is 23.3. The Labute approximate surface area is 113 Å². The number of fused-ring (bicyclic) bond motifs is 3. The summed E-state index contributed by atoms with van der Waals surface area (Å²) < 4.78 is 0. The van der Waals surface area contributed by atoms with Gasteiger partial charge in [0.1, 0.15) is 6.04 Å². The maximum atomic E-state index is 12.6. The molecule has 3 rings (SSSR count). The molecule has 1 aromatic rings. The van der Waals surface area contributed by atoms with Crippen LogP contribution in [0.5, 0.6) is 0 Å². The molecule has 1 atom stereocenters. The van der Waals surface area contributed by atoms with Gasteiger partial charge in [-0.15, -0.1) is 0 Å². The Kier molecular flexibility index (Phi) is 3.14. The van der Waals surface area contributed by atoms with Crippen LogP contribution in [0.1, 0.15) is 12.8 Å². The molecule has 0 spiro atoms. The molecule has 0 saturated carbocycles. The highest BCUT2D eigenvalue weighted by Crippen LogP contribution is 2.37. The molecule has 1 aromatic heterocycles. The van der Waals surface area contributed by atoms with Crippen LogP contribution in [0.3, 0.4) is 0 Å². The molecule has 1 fully saturated rings. The molecule has 102 valence electrons. The number of pyridine rings is 1. The number of amides is 1. The standard InChI is InChI=1S/C14H20N4O/c1-16(2)9-10-18-11-5-3-7-15-13(11)17-8-4-6-12(17)14(18)19/h3,5,7,12H,4,6,8-10H2,1-2H3. The third-order valence-corrected chi connectivity index (χ3v) is 3.90. The van der Waals surface area contributed by atoms with Crippen molar-refractivity contribution in [2.24, 2.45) is 0 Å². The fraction of sp³-hybridized carbons (Fsp3) is 0.571. The number of carbonyl (C=O) groups is 1. The first kappa shape index (κ1) is 12.4. The maximum Gasteiger partial charge on any atom is 0.249 e.